The second-order valence-electron chi connectivity index (χ2n) is 8.56. The standard InChI is InChI=1S/C24H28N6O4/c1-32-22-7-5-19-23(30-22)17(8-9-26-19)18(25)10-16-4-2-15(12-33-16)27-11-14-3-6-20-24(28-14)29-21(31)13-34-20/h3,5-9,15-16,18,27H,2,4,10-13,25H2,1H3,(H,28,29,31)/t15-,16+,18-/m1/s1. The summed E-state index contributed by atoms with van der Waals surface area (Å²) >= 11 is 0. The molecule has 0 aliphatic carbocycles. The lowest BCUT2D eigenvalue weighted by Gasteiger charge is -2.31. The number of amides is 1. The first-order chi connectivity index (χ1) is 16.6. The van der Waals surface area contributed by atoms with Gasteiger partial charge in [0.2, 0.25) is 5.88 Å². The Kier molecular flexibility index (Phi) is 6.52. The molecule has 1 saturated heterocycles. The number of rotatable bonds is 7. The Bertz CT molecular complexity index is 1180. The third kappa shape index (κ3) is 4.93. The van der Waals surface area contributed by atoms with Gasteiger partial charge in [0.1, 0.15) is 0 Å². The van der Waals surface area contributed by atoms with E-state index in [-0.39, 0.29) is 30.7 Å². The normalized spacial score (nSPS) is 20.8. The Balaban J connectivity index is 1.14. The first kappa shape index (κ1) is 22.5. The van der Waals surface area contributed by atoms with E-state index >= 15 is 0 Å². The van der Waals surface area contributed by atoms with Gasteiger partial charge in [-0.25, -0.2) is 9.97 Å². The minimum Gasteiger partial charge on any atom is -0.481 e. The van der Waals surface area contributed by atoms with Crippen LogP contribution < -0.4 is 25.8 Å². The van der Waals surface area contributed by atoms with Gasteiger partial charge in [0.25, 0.3) is 5.91 Å². The molecule has 3 aromatic heterocycles. The predicted molar refractivity (Wildman–Crippen MR) is 126 cm³/mol. The number of methoxy groups -OCH3 is 1. The molecule has 0 bridgehead atoms. The first-order valence-electron chi connectivity index (χ1n) is 11.4. The molecule has 5 rings (SSSR count). The van der Waals surface area contributed by atoms with E-state index < -0.39 is 0 Å². The molecule has 4 N–H and O–H groups in total. The molecule has 10 heteroatoms. The van der Waals surface area contributed by atoms with Gasteiger partial charge in [0.15, 0.2) is 18.2 Å². The molecule has 0 aromatic carbocycles. The molecule has 0 unspecified atom stereocenters. The van der Waals surface area contributed by atoms with Crippen molar-refractivity contribution < 1.29 is 19.0 Å². The molecule has 2 aliphatic rings. The smallest absolute Gasteiger partial charge is 0.263 e. The largest absolute Gasteiger partial charge is 0.481 e. The number of nitrogens with two attached hydrogens (primary N) is 1. The third-order valence-electron chi connectivity index (χ3n) is 6.19. The Labute approximate surface area is 197 Å². The maximum atomic E-state index is 11.5. The molecule has 3 atom stereocenters. The number of fused-ring (bicyclic) bond motifs is 2. The highest BCUT2D eigenvalue weighted by Gasteiger charge is 2.25. The summed E-state index contributed by atoms with van der Waals surface area (Å²) in [5.41, 5.74) is 9.91. The van der Waals surface area contributed by atoms with Crippen LogP contribution >= 0.6 is 0 Å². The third-order valence-corrected chi connectivity index (χ3v) is 6.19. The fraction of sp³-hybridized carbons (Fsp3) is 0.417. The summed E-state index contributed by atoms with van der Waals surface area (Å²) in [5.74, 6) is 1.42. The summed E-state index contributed by atoms with van der Waals surface area (Å²) < 4.78 is 16.8. The van der Waals surface area contributed by atoms with E-state index in [9.17, 15) is 4.79 Å². The average Bonchev–Trinajstić information content (AvgIpc) is 2.87. The summed E-state index contributed by atoms with van der Waals surface area (Å²) in [6.07, 6.45) is 4.44. The number of hydrogen-bond donors (Lipinski definition) is 3. The molecular formula is C24H28N6O4. The van der Waals surface area contributed by atoms with Crippen molar-refractivity contribution in [2.75, 3.05) is 25.6 Å². The number of pyridine rings is 3. The highest BCUT2D eigenvalue weighted by Crippen LogP contribution is 2.28. The second kappa shape index (κ2) is 9.88. The van der Waals surface area contributed by atoms with Gasteiger partial charge in [-0.1, -0.05) is 0 Å². The van der Waals surface area contributed by atoms with E-state index in [1.54, 1.807) is 19.4 Å². The monoisotopic (exact) mass is 464 g/mol. The molecule has 3 aromatic rings. The van der Waals surface area contributed by atoms with Crippen LogP contribution in [0.3, 0.4) is 0 Å². The summed E-state index contributed by atoms with van der Waals surface area (Å²) in [5, 5.41) is 6.23. The Morgan fingerprint density at radius 3 is 2.97 bits per heavy atom. The number of carbonyl (C=O) groups is 1. The first-order valence-corrected chi connectivity index (χ1v) is 11.4. The number of carbonyl (C=O) groups excluding carboxylic acids is 1. The van der Waals surface area contributed by atoms with E-state index in [1.807, 2.05) is 24.3 Å². The lowest BCUT2D eigenvalue weighted by Crippen LogP contribution is -2.40. The zero-order valence-corrected chi connectivity index (χ0v) is 19.0. The molecule has 34 heavy (non-hydrogen) atoms. The summed E-state index contributed by atoms with van der Waals surface area (Å²) in [6.45, 7) is 1.21. The van der Waals surface area contributed by atoms with Crippen molar-refractivity contribution in [3.05, 3.63) is 47.8 Å². The quantitative estimate of drug-likeness (QED) is 0.480. The summed E-state index contributed by atoms with van der Waals surface area (Å²) in [7, 11) is 1.60. The number of hydrogen-bond acceptors (Lipinski definition) is 9. The van der Waals surface area contributed by atoms with Crippen molar-refractivity contribution >= 4 is 22.8 Å². The maximum absolute atomic E-state index is 11.5. The SMILES string of the molecule is COc1ccc2nccc([C@H](N)C[C@@H]3CC[C@@H](NCc4ccc5c(n4)NC(=O)CO5)CO3)c2n1. The van der Waals surface area contributed by atoms with Crippen LogP contribution in [0.5, 0.6) is 11.6 Å². The number of aromatic nitrogens is 3. The van der Waals surface area contributed by atoms with Crippen LogP contribution in [0, 0.1) is 0 Å². The van der Waals surface area contributed by atoms with Crippen LogP contribution in [0.25, 0.3) is 11.0 Å². The van der Waals surface area contributed by atoms with E-state index in [4.69, 9.17) is 19.9 Å². The van der Waals surface area contributed by atoms with Gasteiger partial charge < -0.3 is 30.6 Å². The van der Waals surface area contributed by atoms with Gasteiger partial charge in [0.05, 0.1) is 36.5 Å². The van der Waals surface area contributed by atoms with Gasteiger partial charge in [-0.15, -0.1) is 0 Å². The minimum atomic E-state index is -0.211. The average molecular weight is 465 g/mol. The lowest BCUT2D eigenvalue weighted by atomic mass is 9.95. The number of nitrogens with zero attached hydrogens (tertiary/aromatic N) is 3. The van der Waals surface area contributed by atoms with Gasteiger partial charge in [-0.3, -0.25) is 9.78 Å². The summed E-state index contributed by atoms with van der Waals surface area (Å²) in [6, 6.07) is 9.36. The second-order valence-corrected chi connectivity index (χ2v) is 8.56. The number of nitrogens with one attached hydrogen (secondary N) is 2. The molecule has 178 valence electrons. The molecule has 1 fully saturated rings. The highest BCUT2D eigenvalue weighted by molar-refractivity contribution is 5.94. The van der Waals surface area contributed by atoms with Crippen molar-refractivity contribution in [2.45, 2.75) is 44.0 Å². The van der Waals surface area contributed by atoms with Crippen LogP contribution in [0.1, 0.15) is 36.6 Å². The van der Waals surface area contributed by atoms with Crippen molar-refractivity contribution in [2.24, 2.45) is 5.73 Å². The van der Waals surface area contributed by atoms with E-state index in [2.05, 4.69) is 25.6 Å². The minimum absolute atomic E-state index is 0.0264. The van der Waals surface area contributed by atoms with E-state index in [0.29, 0.717) is 37.0 Å². The highest BCUT2D eigenvalue weighted by atomic mass is 16.5. The molecule has 2 aliphatic heterocycles. The summed E-state index contributed by atoms with van der Waals surface area (Å²) in [4.78, 5) is 24.9. The van der Waals surface area contributed by atoms with Gasteiger partial charge in [-0.2, -0.15) is 0 Å². The van der Waals surface area contributed by atoms with Crippen LogP contribution in [-0.2, 0) is 16.1 Å². The van der Waals surface area contributed by atoms with Crippen LogP contribution in [0.4, 0.5) is 5.82 Å². The van der Waals surface area contributed by atoms with Crippen LogP contribution in [-0.4, -0.2) is 53.3 Å². The van der Waals surface area contributed by atoms with Gasteiger partial charge >= 0.3 is 0 Å². The molecule has 1 amide bonds. The molecule has 0 radical (unpaired) electrons. The van der Waals surface area contributed by atoms with Crippen LogP contribution in [0.15, 0.2) is 36.5 Å². The van der Waals surface area contributed by atoms with Gasteiger partial charge in [0, 0.05) is 30.9 Å². The van der Waals surface area contributed by atoms with E-state index in [0.717, 1.165) is 35.1 Å². The Hall–Kier alpha value is -3.34. The zero-order valence-electron chi connectivity index (χ0n) is 19.0. The fourth-order valence-electron chi connectivity index (χ4n) is 4.35. The zero-order chi connectivity index (χ0) is 23.5. The van der Waals surface area contributed by atoms with Crippen molar-refractivity contribution in [3.8, 4) is 11.6 Å². The number of ether oxygens (including phenoxy) is 3. The molecule has 5 heterocycles. The van der Waals surface area contributed by atoms with Crippen molar-refractivity contribution in [1.29, 1.82) is 0 Å². The molecule has 10 nitrogen and oxygen atoms in total. The molecule has 0 saturated carbocycles. The topological polar surface area (TPSA) is 134 Å². The predicted octanol–water partition coefficient (Wildman–Crippen LogP) is 2.09. The number of anilines is 1. The molecular weight excluding hydrogens is 436 g/mol. The van der Waals surface area contributed by atoms with E-state index in [1.165, 1.54) is 0 Å². The van der Waals surface area contributed by atoms with Crippen molar-refractivity contribution in [3.63, 3.8) is 0 Å². The Morgan fingerprint density at radius 2 is 2.15 bits per heavy atom. The van der Waals surface area contributed by atoms with Crippen LogP contribution in [0.2, 0.25) is 0 Å². The Morgan fingerprint density at radius 1 is 1.24 bits per heavy atom. The fourth-order valence-corrected chi connectivity index (χ4v) is 4.35. The maximum Gasteiger partial charge on any atom is 0.263 e. The van der Waals surface area contributed by atoms with Crippen molar-refractivity contribution in [1.82, 2.24) is 20.3 Å². The van der Waals surface area contributed by atoms with Gasteiger partial charge in [-0.05, 0) is 49.1 Å². The lowest BCUT2D eigenvalue weighted by molar-refractivity contribution is -0.118. The molecule has 0 spiro atoms.